The maximum atomic E-state index is 14.4. The minimum absolute atomic E-state index is 0.164. The van der Waals surface area contributed by atoms with Crippen molar-refractivity contribution >= 4 is 24.1 Å². The zero-order valence-electron chi connectivity index (χ0n) is 13.8. The molecule has 4 aromatic rings. The lowest BCUT2D eigenvalue weighted by atomic mass is 10.3. The van der Waals surface area contributed by atoms with Gasteiger partial charge in [-0.3, -0.25) is 4.57 Å². The second-order valence-electron chi connectivity index (χ2n) is 5.70. The van der Waals surface area contributed by atoms with Gasteiger partial charge in [0.25, 0.3) is 0 Å². The summed E-state index contributed by atoms with van der Waals surface area (Å²) in [6.07, 6.45) is 3.30. The van der Waals surface area contributed by atoms with Gasteiger partial charge in [0.15, 0.2) is 0 Å². The number of nitrogens with zero attached hydrogens (tertiary/aromatic N) is 2. The van der Waals surface area contributed by atoms with Crippen LogP contribution in [0, 0.1) is 11.6 Å². The first-order valence-electron chi connectivity index (χ1n) is 8.13. The molecule has 4 rings (SSSR count). The normalized spacial score (nSPS) is 11.0. The minimum atomic E-state index is -1.01. The Hall–Kier alpha value is -2.84. The van der Waals surface area contributed by atoms with E-state index in [0.29, 0.717) is 5.57 Å². The Morgan fingerprint density at radius 3 is 2.00 bits per heavy atom. The van der Waals surface area contributed by atoms with Crippen LogP contribution in [0.2, 0.25) is 0 Å². The van der Waals surface area contributed by atoms with Crippen LogP contribution in [0.15, 0.2) is 91.3 Å². The number of hydrogen-bond acceptors (Lipinski definition) is 1. The fraction of sp³-hybridized carbons (Fsp3) is 0. The molecule has 128 valence electrons. The highest BCUT2D eigenvalue weighted by atomic mass is 31.1. The van der Waals surface area contributed by atoms with Gasteiger partial charge in [-0.05, 0) is 22.7 Å². The Morgan fingerprint density at radius 1 is 0.769 bits per heavy atom. The lowest BCUT2D eigenvalue weighted by Crippen LogP contribution is -2.27. The van der Waals surface area contributed by atoms with Gasteiger partial charge in [0.1, 0.15) is 17.2 Å². The van der Waals surface area contributed by atoms with Crippen molar-refractivity contribution in [3.63, 3.8) is 0 Å². The van der Waals surface area contributed by atoms with Gasteiger partial charge in [-0.15, -0.1) is 0 Å². The highest BCUT2D eigenvalue weighted by molar-refractivity contribution is 7.79. The molecule has 0 N–H and O–H groups in total. The van der Waals surface area contributed by atoms with Crippen LogP contribution in [0.3, 0.4) is 0 Å². The van der Waals surface area contributed by atoms with Gasteiger partial charge in [0.2, 0.25) is 0 Å². The minimum Gasteiger partial charge on any atom is -0.297 e. The van der Waals surface area contributed by atoms with Gasteiger partial charge in [0, 0.05) is 26.4 Å². The molecule has 1 heterocycles. The van der Waals surface area contributed by atoms with Crippen molar-refractivity contribution in [3.8, 4) is 5.69 Å². The maximum absolute atomic E-state index is 14.4. The molecule has 26 heavy (non-hydrogen) atoms. The van der Waals surface area contributed by atoms with Crippen molar-refractivity contribution in [2.75, 3.05) is 0 Å². The maximum Gasteiger partial charge on any atom is 0.147 e. The SMILES string of the molecule is Fc1ccc(F)c(-n2ccnc2P(c2ccccc2)c2ccccc2)c1. The summed E-state index contributed by atoms with van der Waals surface area (Å²) in [4.78, 5) is 4.52. The van der Waals surface area contributed by atoms with E-state index in [1.807, 2.05) is 60.7 Å². The van der Waals surface area contributed by atoms with E-state index >= 15 is 0 Å². The third kappa shape index (κ3) is 3.16. The van der Waals surface area contributed by atoms with Crippen molar-refractivity contribution in [2.45, 2.75) is 0 Å². The molecule has 0 spiro atoms. The van der Waals surface area contributed by atoms with E-state index in [1.165, 1.54) is 6.07 Å². The zero-order chi connectivity index (χ0) is 17.9. The van der Waals surface area contributed by atoms with Crippen LogP contribution in [0.25, 0.3) is 5.69 Å². The van der Waals surface area contributed by atoms with Gasteiger partial charge < -0.3 is 0 Å². The second-order valence-corrected chi connectivity index (χ2v) is 7.80. The fourth-order valence-corrected chi connectivity index (χ4v) is 5.13. The summed E-state index contributed by atoms with van der Waals surface area (Å²) in [6, 6.07) is 23.4. The second kappa shape index (κ2) is 7.19. The van der Waals surface area contributed by atoms with E-state index in [9.17, 15) is 8.78 Å². The van der Waals surface area contributed by atoms with Crippen LogP contribution >= 0.6 is 7.92 Å². The average Bonchev–Trinajstić information content (AvgIpc) is 3.15. The molecule has 3 aromatic carbocycles. The Morgan fingerprint density at radius 2 is 1.38 bits per heavy atom. The topological polar surface area (TPSA) is 17.8 Å². The van der Waals surface area contributed by atoms with Crippen molar-refractivity contribution in [3.05, 3.63) is 103 Å². The molecule has 2 nitrogen and oxygen atoms in total. The first kappa shape index (κ1) is 16.6. The zero-order valence-corrected chi connectivity index (χ0v) is 14.7. The predicted octanol–water partition coefficient (Wildman–Crippen LogP) is 3.91. The van der Waals surface area contributed by atoms with E-state index in [2.05, 4.69) is 4.98 Å². The van der Waals surface area contributed by atoms with Crippen LogP contribution in [0.1, 0.15) is 0 Å². The number of imidazole rings is 1. The number of hydrogen-bond donors (Lipinski definition) is 0. The number of benzene rings is 3. The Labute approximate surface area is 151 Å². The molecule has 0 fully saturated rings. The molecule has 1 aromatic heterocycles. The van der Waals surface area contributed by atoms with Crippen LogP contribution in [0.5, 0.6) is 0 Å². The number of rotatable bonds is 4. The summed E-state index contributed by atoms with van der Waals surface area (Å²) < 4.78 is 29.7. The highest BCUT2D eigenvalue weighted by Crippen LogP contribution is 2.33. The first-order chi connectivity index (χ1) is 12.7. The van der Waals surface area contributed by atoms with Crippen LogP contribution < -0.4 is 16.2 Å². The molecule has 0 aliphatic heterocycles. The van der Waals surface area contributed by atoms with Crippen molar-refractivity contribution in [1.29, 1.82) is 0 Å². The van der Waals surface area contributed by atoms with Gasteiger partial charge in [-0.25, -0.2) is 13.8 Å². The van der Waals surface area contributed by atoms with Gasteiger partial charge in [0.05, 0.1) is 5.69 Å². The summed E-state index contributed by atoms with van der Waals surface area (Å²) >= 11 is 0. The molecule has 0 unspecified atom stereocenters. The summed E-state index contributed by atoms with van der Waals surface area (Å²) in [7, 11) is -1.01. The summed E-state index contributed by atoms with van der Waals surface area (Å²) in [5, 5.41) is 2.19. The summed E-state index contributed by atoms with van der Waals surface area (Å²) in [5.41, 5.74) is 0.860. The first-order valence-corrected chi connectivity index (χ1v) is 9.47. The van der Waals surface area contributed by atoms with Crippen LogP contribution in [-0.4, -0.2) is 9.55 Å². The Balaban J connectivity index is 1.92. The van der Waals surface area contributed by atoms with E-state index in [1.54, 1.807) is 17.0 Å². The molecular weight excluding hydrogens is 349 g/mol. The van der Waals surface area contributed by atoms with Crippen molar-refractivity contribution < 1.29 is 8.78 Å². The molecule has 0 saturated carbocycles. The third-order valence-corrected chi connectivity index (χ3v) is 6.38. The number of aromatic nitrogens is 2. The molecule has 0 atom stereocenters. The average molecular weight is 364 g/mol. The molecule has 0 saturated heterocycles. The number of halogens is 2. The predicted molar refractivity (Wildman–Crippen MR) is 102 cm³/mol. The Kier molecular flexibility index (Phi) is 4.59. The molecule has 0 bridgehead atoms. The Bertz CT molecular complexity index is 977. The van der Waals surface area contributed by atoms with Crippen LogP contribution in [0.4, 0.5) is 8.78 Å². The van der Waals surface area contributed by atoms with Gasteiger partial charge >= 0.3 is 0 Å². The van der Waals surface area contributed by atoms with Crippen molar-refractivity contribution in [1.82, 2.24) is 9.55 Å². The van der Waals surface area contributed by atoms with Gasteiger partial charge in [-0.1, -0.05) is 60.7 Å². The fourth-order valence-electron chi connectivity index (χ4n) is 2.85. The largest absolute Gasteiger partial charge is 0.297 e. The molecule has 5 heteroatoms. The van der Waals surface area contributed by atoms with Crippen molar-refractivity contribution in [2.24, 2.45) is 0 Å². The summed E-state index contributed by atoms with van der Waals surface area (Å²) in [5.74, 6) is -0.966. The monoisotopic (exact) mass is 364 g/mol. The van der Waals surface area contributed by atoms with Crippen LogP contribution in [-0.2, 0) is 0 Å². The quantitative estimate of drug-likeness (QED) is 0.502. The molecule has 0 aliphatic rings. The molecule has 0 aliphatic carbocycles. The highest BCUT2D eigenvalue weighted by Gasteiger charge is 2.22. The van der Waals surface area contributed by atoms with Gasteiger partial charge in [-0.2, -0.15) is 0 Å². The lowest BCUT2D eigenvalue weighted by molar-refractivity contribution is 0.593. The van der Waals surface area contributed by atoms with E-state index in [-0.39, 0.29) is 5.69 Å². The summed E-state index contributed by atoms with van der Waals surface area (Å²) in [6.45, 7) is 0. The lowest BCUT2D eigenvalue weighted by Gasteiger charge is -2.20. The smallest absolute Gasteiger partial charge is 0.147 e. The van der Waals surface area contributed by atoms with E-state index in [4.69, 9.17) is 0 Å². The van der Waals surface area contributed by atoms with E-state index < -0.39 is 19.6 Å². The molecular formula is C21H15F2N2P. The third-order valence-electron chi connectivity index (χ3n) is 4.02. The van der Waals surface area contributed by atoms with E-state index in [0.717, 1.165) is 22.7 Å². The molecule has 0 radical (unpaired) electrons. The standard InChI is InChI=1S/C21H15F2N2P/c22-16-11-12-19(23)20(15-16)25-14-13-24-21(25)26(17-7-3-1-4-8-17)18-9-5-2-6-10-18/h1-15H. The molecule has 0 amide bonds.